The summed E-state index contributed by atoms with van der Waals surface area (Å²) < 4.78 is 4.99. The Balaban J connectivity index is 2.61. The number of ether oxygens (including phenoxy) is 1. The molecule has 0 aliphatic rings. The van der Waals surface area contributed by atoms with Gasteiger partial charge in [-0.15, -0.1) is 11.5 Å². The van der Waals surface area contributed by atoms with Gasteiger partial charge in [0.2, 0.25) is 5.88 Å². The summed E-state index contributed by atoms with van der Waals surface area (Å²) in [5.41, 5.74) is 4.47. The van der Waals surface area contributed by atoms with Gasteiger partial charge in [0.25, 0.3) is 0 Å². The summed E-state index contributed by atoms with van der Waals surface area (Å²) in [5.74, 6) is 3.86. The fourth-order valence-electron chi connectivity index (χ4n) is 1.05. The molecule has 0 aliphatic carbocycles. The number of aromatic nitrogens is 1. The highest BCUT2D eigenvalue weighted by molar-refractivity contribution is 6.83. The van der Waals surface area contributed by atoms with Gasteiger partial charge in [-0.05, 0) is 5.56 Å². The summed E-state index contributed by atoms with van der Waals surface area (Å²) >= 11 is 0. The van der Waals surface area contributed by atoms with Gasteiger partial charge in [-0.2, -0.15) is 0 Å². The van der Waals surface area contributed by atoms with Crippen LogP contribution in [0, 0.1) is 11.5 Å². The van der Waals surface area contributed by atoms with Gasteiger partial charge in [-0.3, -0.25) is 0 Å². The van der Waals surface area contributed by atoms with Gasteiger partial charge in [-0.25, -0.2) is 4.98 Å². The first-order valence-corrected chi connectivity index (χ1v) is 8.50. The second-order valence-corrected chi connectivity index (χ2v) is 9.19. The Morgan fingerprint density at radius 2 is 2.07 bits per heavy atom. The maximum absolute atomic E-state index is 4.99. The molecule has 1 heterocycles. The maximum atomic E-state index is 4.99. The van der Waals surface area contributed by atoms with E-state index in [1.165, 1.54) is 0 Å². The first kappa shape index (κ1) is 11.8. The molecular formula is C12H17NOSi. The van der Waals surface area contributed by atoms with Crippen molar-refractivity contribution in [1.29, 1.82) is 0 Å². The molecule has 0 radical (unpaired) electrons. The lowest BCUT2D eigenvalue weighted by Crippen LogP contribution is -2.16. The Hall–Kier alpha value is -1.27. The van der Waals surface area contributed by atoms with Crippen molar-refractivity contribution in [2.24, 2.45) is 0 Å². The van der Waals surface area contributed by atoms with Gasteiger partial charge in [0.1, 0.15) is 8.07 Å². The summed E-state index contributed by atoms with van der Waals surface area (Å²) in [7, 11) is 0.383. The molecule has 1 aromatic rings. The van der Waals surface area contributed by atoms with E-state index in [1.54, 1.807) is 7.11 Å². The van der Waals surface area contributed by atoms with Gasteiger partial charge >= 0.3 is 0 Å². The molecule has 3 heteroatoms. The van der Waals surface area contributed by atoms with Crippen LogP contribution < -0.4 is 4.74 Å². The van der Waals surface area contributed by atoms with E-state index in [4.69, 9.17) is 4.74 Å². The van der Waals surface area contributed by atoms with Gasteiger partial charge in [0.15, 0.2) is 0 Å². The van der Waals surface area contributed by atoms with E-state index in [2.05, 4.69) is 36.1 Å². The third-order valence-corrected chi connectivity index (χ3v) is 2.69. The van der Waals surface area contributed by atoms with Crippen LogP contribution in [-0.4, -0.2) is 20.2 Å². The van der Waals surface area contributed by atoms with Crippen molar-refractivity contribution in [2.45, 2.75) is 26.1 Å². The molecule has 0 amide bonds. The quantitative estimate of drug-likeness (QED) is 0.563. The minimum atomic E-state index is -1.24. The highest BCUT2D eigenvalue weighted by atomic mass is 28.3. The topological polar surface area (TPSA) is 22.1 Å². The molecule has 0 bridgehead atoms. The van der Waals surface area contributed by atoms with Crippen molar-refractivity contribution >= 4 is 8.07 Å². The van der Waals surface area contributed by atoms with E-state index in [0.29, 0.717) is 5.88 Å². The predicted octanol–water partition coefficient (Wildman–Crippen LogP) is 2.51. The third-order valence-electron chi connectivity index (χ3n) is 1.76. The number of nitrogens with zero attached hydrogens (tertiary/aromatic N) is 1. The average molecular weight is 219 g/mol. The fraction of sp³-hybridized carbons (Fsp3) is 0.417. The second kappa shape index (κ2) is 4.99. The standard InChI is InChI=1S/C12H17NOSi/c1-14-12-8-7-11(10-13-12)6-5-9-15(2,3)4/h7-8,10H,6H2,1-4H3. The Bertz CT molecular complexity index is 367. The van der Waals surface area contributed by atoms with Crippen LogP contribution in [0.3, 0.4) is 0 Å². The van der Waals surface area contributed by atoms with Crippen molar-refractivity contribution in [3.05, 3.63) is 23.9 Å². The van der Waals surface area contributed by atoms with Crippen LogP contribution in [0.15, 0.2) is 18.3 Å². The summed E-state index contributed by atoms with van der Waals surface area (Å²) in [6, 6.07) is 3.87. The molecule has 0 N–H and O–H groups in total. The zero-order valence-electron chi connectivity index (χ0n) is 9.79. The van der Waals surface area contributed by atoms with Crippen molar-refractivity contribution in [2.75, 3.05) is 7.11 Å². The van der Waals surface area contributed by atoms with Crippen molar-refractivity contribution < 1.29 is 4.74 Å². The minimum Gasteiger partial charge on any atom is -0.481 e. The van der Waals surface area contributed by atoms with Crippen LogP contribution >= 0.6 is 0 Å². The van der Waals surface area contributed by atoms with E-state index < -0.39 is 8.07 Å². The lowest BCUT2D eigenvalue weighted by Gasteiger charge is -2.03. The summed E-state index contributed by atoms with van der Waals surface area (Å²) in [6.07, 6.45) is 2.60. The Kier molecular flexibility index (Phi) is 3.93. The molecule has 1 aromatic heterocycles. The molecule has 0 unspecified atom stereocenters. The number of hydrogen-bond acceptors (Lipinski definition) is 2. The maximum Gasteiger partial charge on any atom is 0.212 e. The van der Waals surface area contributed by atoms with E-state index in [0.717, 1.165) is 12.0 Å². The van der Waals surface area contributed by atoms with E-state index >= 15 is 0 Å². The smallest absolute Gasteiger partial charge is 0.212 e. The van der Waals surface area contributed by atoms with Crippen LogP contribution in [0.1, 0.15) is 5.56 Å². The third kappa shape index (κ3) is 4.66. The zero-order valence-corrected chi connectivity index (χ0v) is 10.8. The van der Waals surface area contributed by atoms with E-state index in [-0.39, 0.29) is 0 Å². The first-order valence-electron chi connectivity index (χ1n) is 5.00. The summed E-state index contributed by atoms with van der Waals surface area (Å²) in [6.45, 7) is 6.73. The van der Waals surface area contributed by atoms with Gasteiger partial charge < -0.3 is 4.74 Å². The van der Waals surface area contributed by atoms with Crippen LogP contribution in [0.4, 0.5) is 0 Å². The fourth-order valence-corrected chi connectivity index (χ4v) is 1.67. The second-order valence-electron chi connectivity index (χ2n) is 4.44. The largest absolute Gasteiger partial charge is 0.481 e. The molecule has 80 valence electrons. The highest BCUT2D eigenvalue weighted by Gasteiger charge is 2.06. The molecule has 0 atom stereocenters. The van der Waals surface area contributed by atoms with Crippen molar-refractivity contribution in [3.8, 4) is 17.3 Å². The first-order chi connectivity index (χ1) is 7.01. The lowest BCUT2D eigenvalue weighted by atomic mass is 10.2. The molecule has 0 aromatic carbocycles. The van der Waals surface area contributed by atoms with Crippen LogP contribution in [0.25, 0.3) is 0 Å². The van der Waals surface area contributed by atoms with E-state index in [9.17, 15) is 0 Å². The molecule has 2 nitrogen and oxygen atoms in total. The number of hydrogen-bond donors (Lipinski definition) is 0. The molecule has 15 heavy (non-hydrogen) atoms. The zero-order chi connectivity index (χ0) is 11.3. The number of rotatable bonds is 2. The Labute approximate surface area is 92.7 Å². The van der Waals surface area contributed by atoms with Crippen LogP contribution in [-0.2, 0) is 6.42 Å². The van der Waals surface area contributed by atoms with Crippen LogP contribution in [0.2, 0.25) is 19.6 Å². The van der Waals surface area contributed by atoms with E-state index in [1.807, 2.05) is 18.3 Å². The molecule has 0 saturated carbocycles. The monoisotopic (exact) mass is 219 g/mol. The summed E-state index contributed by atoms with van der Waals surface area (Å²) in [4.78, 5) is 4.13. The number of pyridine rings is 1. The molecule has 0 saturated heterocycles. The molecule has 0 fully saturated rings. The Morgan fingerprint density at radius 3 is 2.53 bits per heavy atom. The van der Waals surface area contributed by atoms with Crippen molar-refractivity contribution in [1.82, 2.24) is 4.98 Å². The van der Waals surface area contributed by atoms with Crippen LogP contribution in [0.5, 0.6) is 5.88 Å². The molecule has 1 rings (SSSR count). The number of methoxy groups -OCH3 is 1. The minimum absolute atomic E-state index is 0.650. The Morgan fingerprint density at radius 1 is 1.33 bits per heavy atom. The van der Waals surface area contributed by atoms with Gasteiger partial charge in [0, 0.05) is 18.7 Å². The van der Waals surface area contributed by atoms with Gasteiger partial charge in [0.05, 0.1) is 7.11 Å². The van der Waals surface area contributed by atoms with Crippen molar-refractivity contribution in [3.63, 3.8) is 0 Å². The molecule has 0 aliphatic heterocycles. The molecule has 0 spiro atoms. The molecular weight excluding hydrogens is 202 g/mol. The normalized spacial score (nSPS) is 10.4. The SMILES string of the molecule is COc1ccc(CC#C[Si](C)(C)C)cn1. The lowest BCUT2D eigenvalue weighted by molar-refractivity contribution is 0.397. The summed E-state index contributed by atoms with van der Waals surface area (Å²) in [5, 5.41) is 0. The van der Waals surface area contributed by atoms with Gasteiger partial charge in [-0.1, -0.05) is 25.7 Å². The highest BCUT2D eigenvalue weighted by Crippen LogP contribution is 2.06. The average Bonchev–Trinajstić information content (AvgIpc) is 2.17. The predicted molar refractivity (Wildman–Crippen MR) is 65.6 cm³/mol.